The maximum atomic E-state index is 5.49. The lowest BCUT2D eigenvalue weighted by molar-refractivity contribution is -0.917. The van der Waals surface area contributed by atoms with E-state index in [2.05, 4.69) is 29.6 Å². The van der Waals surface area contributed by atoms with Gasteiger partial charge in [0.1, 0.15) is 12.3 Å². The second-order valence-electron chi connectivity index (χ2n) is 5.65. The minimum absolute atomic E-state index is 0.593. The van der Waals surface area contributed by atoms with Crippen molar-refractivity contribution in [3.63, 3.8) is 0 Å². The summed E-state index contributed by atoms with van der Waals surface area (Å²) in [5.41, 5.74) is 2.15. The smallest absolute Gasteiger partial charge is 0.225 e. The second-order valence-corrected chi connectivity index (χ2v) is 6.01. The number of benzene rings is 2. The van der Waals surface area contributed by atoms with Crippen molar-refractivity contribution in [2.24, 2.45) is 0 Å². The highest BCUT2D eigenvalue weighted by Gasteiger charge is 2.10. The van der Waals surface area contributed by atoms with Crippen LogP contribution in [0.3, 0.4) is 0 Å². The number of tetrazole rings is 1. The predicted molar refractivity (Wildman–Crippen MR) is 93.8 cm³/mol. The predicted octanol–water partition coefficient (Wildman–Crippen LogP) is 1.48. The maximum absolute atomic E-state index is 5.49. The average Bonchev–Trinajstić information content (AvgIpc) is 2.97. The molecule has 0 aliphatic heterocycles. The van der Waals surface area contributed by atoms with Crippen LogP contribution in [0.2, 0.25) is 0 Å². The lowest BCUT2D eigenvalue weighted by Crippen LogP contribution is -3.07. The minimum Gasteiger partial charge on any atom is -0.497 e. The highest BCUT2D eigenvalue weighted by molar-refractivity contribution is 7.71. The van der Waals surface area contributed by atoms with Crippen LogP contribution in [-0.2, 0) is 13.2 Å². The fraction of sp³-hybridized carbons (Fsp3) is 0.235. The van der Waals surface area contributed by atoms with Crippen molar-refractivity contribution in [2.45, 2.75) is 13.2 Å². The fourth-order valence-electron chi connectivity index (χ4n) is 2.51. The van der Waals surface area contributed by atoms with Gasteiger partial charge in [0.2, 0.25) is 4.77 Å². The topological polar surface area (TPSA) is 49.3 Å². The summed E-state index contributed by atoms with van der Waals surface area (Å²) in [6, 6.07) is 17.9. The van der Waals surface area contributed by atoms with Crippen LogP contribution in [0.4, 0.5) is 0 Å². The number of aromatic nitrogens is 4. The summed E-state index contributed by atoms with van der Waals surface area (Å²) in [7, 11) is 3.78. The third kappa shape index (κ3) is 3.69. The van der Waals surface area contributed by atoms with Gasteiger partial charge in [-0.1, -0.05) is 18.2 Å². The standard InChI is InChI=1S/C17H19N5OS/c1-20(12-14-8-10-16(23-2)11-9-14)13-21-17(24)22(19-18-21)15-6-4-3-5-7-15/h3-11H,12-13H2,1-2H3/p+1. The zero-order valence-electron chi connectivity index (χ0n) is 13.7. The Balaban J connectivity index is 1.69. The average molecular weight is 342 g/mol. The SMILES string of the molecule is COc1ccc(C[NH+](C)Cn2nnn(-c3ccccc3)c2=S)cc1. The summed E-state index contributed by atoms with van der Waals surface area (Å²) in [5.74, 6) is 0.865. The molecule has 1 heterocycles. The quantitative estimate of drug-likeness (QED) is 0.690. The molecule has 1 unspecified atom stereocenters. The van der Waals surface area contributed by atoms with Crippen molar-refractivity contribution in [1.29, 1.82) is 0 Å². The van der Waals surface area contributed by atoms with E-state index in [1.807, 2.05) is 42.5 Å². The summed E-state index contributed by atoms with van der Waals surface area (Å²) in [6.45, 7) is 1.52. The van der Waals surface area contributed by atoms with Crippen molar-refractivity contribution in [2.75, 3.05) is 14.2 Å². The van der Waals surface area contributed by atoms with Crippen molar-refractivity contribution >= 4 is 12.2 Å². The van der Waals surface area contributed by atoms with Crippen molar-refractivity contribution in [3.8, 4) is 11.4 Å². The van der Waals surface area contributed by atoms with Crippen LogP contribution in [0.5, 0.6) is 5.75 Å². The number of rotatable bonds is 6. The molecule has 0 fully saturated rings. The molecular formula is C17H20N5OS+. The van der Waals surface area contributed by atoms with Gasteiger partial charge in [0.15, 0.2) is 6.67 Å². The van der Waals surface area contributed by atoms with E-state index in [-0.39, 0.29) is 0 Å². The van der Waals surface area contributed by atoms with Gasteiger partial charge in [0, 0.05) is 5.56 Å². The van der Waals surface area contributed by atoms with Crippen LogP contribution >= 0.6 is 12.2 Å². The first kappa shape index (κ1) is 16.4. The molecule has 124 valence electrons. The Kier molecular flexibility index (Phi) is 5.02. The molecule has 24 heavy (non-hydrogen) atoms. The fourth-order valence-corrected chi connectivity index (χ4v) is 2.75. The van der Waals surface area contributed by atoms with Crippen LogP contribution in [0.1, 0.15) is 5.56 Å². The van der Waals surface area contributed by atoms with Crippen molar-refractivity contribution in [1.82, 2.24) is 19.8 Å². The Labute approximate surface area is 145 Å². The van der Waals surface area contributed by atoms with E-state index in [9.17, 15) is 0 Å². The Morgan fingerprint density at radius 2 is 1.75 bits per heavy atom. The molecule has 3 rings (SSSR count). The highest BCUT2D eigenvalue weighted by atomic mass is 32.1. The molecule has 0 aliphatic rings. The number of methoxy groups -OCH3 is 1. The van der Waals surface area contributed by atoms with Gasteiger partial charge in [-0.2, -0.15) is 9.36 Å². The van der Waals surface area contributed by atoms with Crippen molar-refractivity contribution in [3.05, 3.63) is 64.9 Å². The number of nitrogens with one attached hydrogen (secondary N) is 1. The summed E-state index contributed by atoms with van der Waals surface area (Å²) in [5, 5.41) is 8.35. The molecule has 3 aromatic rings. The normalized spacial score (nSPS) is 12.1. The minimum atomic E-state index is 0.593. The molecule has 0 radical (unpaired) electrons. The van der Waals surface area contributed by atoms with E-state index in [1.165, 1.54) is 10.5 Å². The second kappa shape index (κ2) is 7.37. The van der Waals surface area contributed by atoms with Gasteiger partial charge in [0.25, 0.3) is 0 Å². The van der Waals surface area contributed by atoms with Gasteiger partial charge < -0.3 is 9.64 Å². The Hall–Kier alpha value is -2.51. The molecule has 1 aromatic heterocycles. The van der Waals surface area contributed by atoms with E-state index in [0.29, 0.717) is 11.4 Å². The van der Waals surface area contributed by atoms with Crippen LogP contribution in [0.25, 0.3) is 5.69 Å². The Morgan fingerprint density at radius 1 is 1.04 bits per heavy atom. The third-order valence-corrected chi connectivity index (χ3v) is 4.11. The summed E-state index contributed by atoms with van der Waals surface area (Å²) < 4.78 is 9.21. The lowest BCUT2D eigenvalue weighted by Gasteiger charge is -2.13. The van der Waals surface area contributed by atoms with E-state index in [4.69, 9.17) is 17.0 Å². The molecule has 0 aliphatic carbocycles. The molecule has 0 bridgehead atoms. The van der Waals surface area contributed by atoms with Crippen LogP contribution in [0, 0.1) is 4.77 Å². The molecule has 1 atom stereocenters. The zero-order chi connectivity index (χ0) is 16.9. The number of hydrogen-bond donors (Lipinski definition) is 1. The Morgan fingerprint density at radius 3 is 2.42 bits per heavy atom. The van der Waals surface area contributed by atoms with Crippen molar-refractivity contribution < 1.29 is 9.64 Å². The number of ether oxygens (including phenoxy) is 1. The van der Waals surface area contributed by atoms with Gasteiger partial charge in [-0.05, 0) is 59.0 Å². The molecule has 2 aromatic carbocycles. The number of para-hydroxylation sites is 1. The highest BCUT2D eigenvalue weighted by Crippen LogP contribution is 2.10. The number of nitrogens with zero attached hydrogens (tertiary/aromatic N) is 4. The molecule has 6 nitrogen and oxygen atoms in total. The van der Waals surface area contributed by atoms with E-state index in [1.54, 1.807) is 16.5 Å². The molecule has 7 heteroatoms. The first-order valence-corrected chi connectivity index (χ1v) is 8.10. The van der Waals surface area contributed by atoms with Crippen LogP contribution in [-0.4, -0.2) is 33.9 Å². The van der Waals surface area contributed by atoms with E-state index >= 15 is 0 Å². The van der Waals surface area contributed by atoms with Gasteiger partial charge in [0.05, 0.1) is 19.8 Å². The molecular weight excluding hydrogens is 322 g/mol. The van der Waals surface area contributed by atoms with Crippen LogP contribution < -0.4 is 9.64 Å². The van der Waals surface area contributed by atoms with Gasteiger partial charge in [-0.3, -0.25) is 0 Å². The van der Waals surface area contributed by atoms with Gasteiger partial charge >= 0.3 is 0 Å². The monoisotopic (exact) mass is 342 g/mol. The van der Waals surface area contributed by atoms with E-state index in [0.717, 1.165) is 18.0 Å². The zero-order valence-corrected chi connectivity index (χ0v) is 14.5. The molecule has 0 spiro atoms. The first-order valence-electron chi connectivity index (χ1n) is 7.70. The number of quaternary nitrogens is 1. The van der Waals surface area contributed by atoms with Gasteiger partial charge in [-0.15, -0.1) is 0 Å². The summed E-state index contributed by atoms with van der Waals surface area (Å²) >= 11 is 5.49. The molecule has 1 N–H and O–H groups in total. The lowest BCUT2D eigenvalue weighted by atomic mass is 10.2. The summed E-state index contributed by atoms with van der Waals surface area (Å²) in [6.07, 6.45) is 0. The maximum Gasteiger partial charge on any atom is 0.225 e. The third-order valence-electron chi connectivity index (χ3n) is 3.72. The number of hydrogen-bond acceptors (Lipinski definition) is 4. The van der Waals surface area contributed by atoms with Gasteiger partial charge in [-0.25, -0.2) is 0 Å². The molecule has 0 amide bonds. The molecule has 0 saturated heterocycles. The van der Waals surface area contributed by atoms with Crippen LogP contribution in [0.15, 0.2) is 54.6 Å². The molecule has 0 saturated carbocycles. The first-order chi connectivity index (χ1) is 11.7. The summed E-state index contributed by atoms with van der Waals surface area (Å²) in [4.78, 5) is 1.26. The Bertz CT molecular complexity index is 841. The van der Waals surface area contributed by atoms with E-state index < -0.39 is 0 Å². The largest absolute Gasteiger partial charge is 0.497 e.